The van der Waals surface area contributed by atoms with Crippen molar-refractivity contribution in [3.05, 3.63) is 51.9 Å². The van der Waals surface area contributed by atoms with E-state index in [9.17, 15) is 9.59 Å². The number of ether oxygens (including phenoxy) is 1. The van der Waals surface area contributed by atoms with Gasteiger partial charge in [0.2, 0.25) is 0 Å². The number of hydrogen-bond acceptors (Lipinski definition) is 5. The van der Waals surface area contributed by atoms with Gasteiger partial charge in [0.1, 0.15) is 10.6 Å². The Kier molecular flexibility index (Phi) is 7.39. The number of rotatable bonds is 5. The van der Waals surface area contributed by atoms with E-state index in [1.807, 2.05) is 26.8 Å². The summed E-state index contributed by atoms with van der Waals surface area (Å²) in [5.41, 5.74) is 2.23. The fourth-order valence-electron chi connectivity index (χ4n) is 4.64. The Morgan fingerprint density at radius 1 is 1.12 bits per heavy atom. The zero-order valence-corrected chi connectivity index (χ0v) is 20.7. The van der Waals surface area contributed by atoms with Crippen molar-refractivity contribution in [2.45, 2.75) is 84.0 Å². The van der Waals surface area contributed by atoms with Crippen LogP contribution in [-0.4, -0.2) is 35.1 Å². The second-order valence-electron chi connectivity index (χ2n) is 10.1. The van der Waals surface area contributed by atoms with E-state index >= 15 is 0 Å². The maximum Gasteiger partial charge on any atom is 0.341 e. The Morgan fingerprint density at radius 2 is 1.85 bits per heavy atom. The number of urea groups is 1. The van der Waals surface area contributed by atoms with Crippen LogP contribution in [0.15, 0.2) is 30.3 Å². The summed E-state index contributed by atoms with van der Waals surface area (Å²) in [6.07, 6.45) is 6.33. The van der Waals surface area contributed by atoms with Crippen LogP contribution in [0.25, 0.3) is 0 Å². The van der Waals surface area contributed by atoms with E-state index in [1.165, 1.54) is 23.3 Å². The SMILES string of the molecule is CC(C)(C)OC(=O)c1c(NC(=O)NC2CCCCC2)sc2c1CCN(Cc1ccccc1)C2. The molecule has 1 aliphatic heterocycles. The highest BCUT2D eigenvalue weighted by atomic mass is 32.1. The number of nitrogens with one attached hydrogen (secondary N) is 2. The lowest BCUT2D eigenvalue weighted by Gasteiger charge is -2.27. The number of carbonyl (C=O) groups excluding carboxylic acids is 2. The maximum absolute atomic E-state index is 13.2. The molecule has 0 atom stereocenters. The van der Waals surface area contributed by atoms with Crippen molar-refractivity contribution in [2.75, 3.05) is 11.9 Å². The number of amides is 2. The van der Waals surface area contributed by atoms with Crippen LogP contribution >= 0.6 is 11.3 Å². The van der Waals surface area contributed by atoms with E-state index in [2.05, 4.69) is 39.8 Å². The quantitative estimate of drug-likeness (QED) is 0.550. The second kappa shape index (κ2) is 10.3. The summed E-state index contributed by atoms with van der Waals surface area (Å²) in [5.74, 6) is -0.357. The molecule has 2 heterocycles. The third-order valence-electron chi connectivity index (χ3n) is 6.16. The summed E-state index contributed by atoms with van der Waals surface area (Å²) in [6, 6.07) is 10.4. The molecule has 0 unspecified atom stereocenters. The van der Waals surface area contributed by atoms with Crippen LogP contribution in [0.1, 0.15) is 79.2 Å². The summed E-state index contributed by atoms with van der Waals surface area (Å²) in [4.78, 5) is 29.5. The normalized spacial score (nSPS) is 17.3. The number of thiophene rings is 1. The van der Waals surface area contributed by atoms with Crippen LogP contribution in [0.4, 0.5) is 9.80 Å². The Hall–Kier alpha value is -2.38. The summed E-state index contributed by atoms with van der Waals surface area (Å²) < 4.78 is 5.73. The highest BCUT2D eigenvalue weighted by Gasteiger charge is 2.31. The van der Waals surface area contributed by atoms with Crippen molar-refractivity contribution in [2.24, 2.45) is 0 Å². The fourth-order valence-corrected chi connectivity index (χ4v) is 5.91. The van der Waals surface area contributed by atoms with Crippen LogP contribution in [0.2, 0.25) is 0 Å². The van der Waals surface area contributed by atoms with E-state index in [1.54, 1.807) is 0 Å². The van der Waals surface area contributed by atoms with Crippen molar-refractivity contribution in [3.8, 4) is 0 Å². The van der Waals surface area contributed by atoms with Gasteiger partial charge in [-0.2, -0.15) is 0 Å². The van der Waals surface area contributed by atoms with E-state index in [0.717, 1.165) is 62.2 Å². The van der Waals surface area contributed by atoms with Crippen LogP contribution in [0, 0.1) is 0 Å². The first-order valence-corrected chi connectivity index (χ1v) is 12.8. The molecule has 2 aromatic rings. The molecule has 1 aliphatic carbocycles. The third kappa shape index (κ3) is 6.36. The summed E-state index contributed by atoms with van der Waals surface area (Å²) in [6.45, 7) is 8.10. The van der Waals surface area contributed by atoms with Gasteiger partial charge in [-0.15, -0.1) is 11.3 Å². The molecule has 178 valence electrons. The highest BCUT2D eigenvalue weighted by molar-refractivity contribution is 7.17. The number of carbonyl (C=O) groups is 2. The average Bonchev–Trinajstić information content (AvgIpc) is 3.11. The Labute approximate surface area is 200 Å². The number of nitrogens with zero attached hydrogens (tertiary/aromatic N) is 1. The van der Waals surface area contributed by atoms with Crippen LogP contribution < -0.4 is 10.6 Å². The van der Waals surface area contributed by atoms with Crippen LogP contribution in [0.5, 0.6) is 0 Å². The van der Waals surface area contributed by atoms with Gasteiger partial charge < -0.3 is 10.1 Å². The van der Waals surface area contributed by atoms with Gasteiger partial charge in [0.05, 0.1) is 5.56 Å². The molecule has 2 amide bonds. The van der Waals surface area contributed by atoms with Crippen molar-refractivity contribution in [1.29, 1.82) is 0 Å². The zero-order valence-electron chi connectivity index (χ0n) is 19.9. The van der Waals surface area contributed by atoms with Gasteiger partial charge in [-0.05, 0) is 51.2 Å². The molecule has 2 aliphatic rings. The predicted octanol–water partition coefficient (Wildman–Crippen LogP) is 5.72. The molecular formula is C26H35N3O3S. The number of hydrogen-bond donors (Lipinski definition) is 2. The molecule has 1 aromatic carbocycles. The lowest BCUT2D eigenvalue weighted by Crippen LogP contribution is -2.39. The van der Waals surface area contributed by atoms with Gasteiger partial charge >= 0.3 is 12.0 Å². The molecule has 7 heteroatoms. The molecule has 1 fully saturated rings. The highest BCUT2D eigenvalue weighted by Crippen LogP contribution is 2.38. The summed E-state index contributed by atoms with van der Waals surface area (Å²) in [5, 5.41) is 6.69. The minimum atomic E-state index is -0.596. The second-order valence-corrected chi connectivity index (χ2v) is 11.2. The van der Waals surface area contributed by atoms with Crippen molar-refractivity contribution < 1.29 is 14.3 Å². The van der Waals surface area contributed by atoms with E-state index in [-0.39, 0.29) is 18.0 Å². The van der Waals surface area contributed by atoms with Gasteiger partial charge in [0, 0.05) is 30.6 Å². The van der Waals surface area contributed by atoms with E-state index in [4.69, 9.17) is 4.74 Å². The zero-order chi connectivity index (χ0) is 23.4. The van der Waals surface area contributed by atoms with Crippen molar-refractivity contribution in [1.82, 2.24) is 10.2 Å². The minimum Gasteiger partial charge on any atom is -0.456 e. The maximum atomic E-state index is 13.2. The van der Waals surface area contributed by atoms with Crippen molar-refractivity contribution in [3.63, 3.8) is 0 Å². The van der Waals surface area contributed by atoms with Gasteiger partial charge in [0.15, 0.2) is 0 Å². The molecule has 1 aromatic heterocycles. The molecule has 0 saturated heterocycles. The standard InChI is InChI=1S/C26H35N3O3S/c1-26(2,3)32-24(30)22-20-14-15-29(16-18-10-6-4-7-11-18)17-21(20)33-23(22)28-25(31)27-19-12-8-5-9-13-19/h4,6-7,10-11,19H,5,8-9,12-17H2,1-3H3,(H2,27,28,31). The number of fused-ring (bicyclic) bond motifs is 1. The monoisotopic (exact) mass is 469 g/mol. The van der Waals surface area contributed by atoms with Crippen LogP contribution in [-0.2, 0) is 24.2 Å². The molecule has 4 rings (SSSR count). The molecule has 2 N–H and O–H groups in total. The molecule has 33 heavy (non-hydrogen) atoms. The fraction of sp³-hybridized carbons (Fsp3) is 0.538. The first-order chi connectivity index (χ1) is 15.8. The lowest BCUT2D eigenvalue weighted by molar-refractivity contribution is 0.00695. The molecule has 0 spiro atoms. The Bertz CT molecular complexity index is 975. The number of esters is 1. The van der Waals surface area contributed by atoms with E-state index in [0.29, 0.717) is 10.6 Å². The van der Waals surface area contributed by atoms with Crippen molar-refractivity contribution >= 4 is 28.3 Å². The van der Waals surface area contributed by atoms with Gasteiger partial charge in [-0.1, -0.05) is 49.6 Å². The van der Waals surface area contributed by atoms with Gasteiger partial charge in [-0.25, -0.2) is 9.59 Å². The lowest BCUT2D eigenvalue weighted by atomic mass is 9.96. The third-order valence-corrected chi connectivity index (χ3v) is 7.29. The first-order valence-electron chi connectivity index (χ1n) is 12.0. The summed E-state index contributed by atoms with van der Waals surface area (Å²) in [7, 11) is 0. The molecule has 0 radical (unpaired) electrons. The van der Waals surface area contributed by atoms with Gasteiger partial charge in [0.25, 0.3) is 0 Å². The number of benzene rings is 1. The molecule has 1 saturated carbocycles. The average molecular weight is 470 g/mol. The van der Waals surface area contributed by atoms with E-state index < -0.39 is 5.60 Å². The molecule has 6 nitrogen and oxygen atoms in total. The Balaban J connectivity index is 1.53. The van der Waals surface area contributed by atoms with Crippen LogP contribution in [0.3, 0.4) is 0 Å². The Morgan fingerprint density at radius 3 is 2.55 bits per heavy atom. The molecular weight excluding hydrogens is 434 g/mol. The smallest absolute Gasteiger partial charge is 0.341 e. The minimum absolute atomic E-state index is 0.208. The topological polar surface area (TPSA) is 70.7 Å². The predicted molar refractivity (Wildman–Crippen MR) is 133 cm³/mol. The van der Waals surface area contributed by atoms with Gasteiger partial charge in [-0.3, -0.25) is 10.2 Å². The summed E-state index contributed by atoms with van der Waals surface area (Å²) >= 11 is 1.51. The number of anilines is 1. The largest absolute Gasteiger partial charge is 0.456 e. The molecule has 0 bridgehead atoms. The first kappa shape index (κ1) is 23.8.